The molecular formula is C16H17FN2O2S. The van der Waals surface area contributed by atoms with Gasteiger partial charge >= 0.3 is 0 Å². The van der Waals surface area contributed by atoms with Gasteiger partial charge in [0.2, 0.25) is 5.91 Å². The monoisotopic (exact) mass is 320 g/mol. The Morgan fingerprint density at radius 3 is 2.82 bits per heavy atom. The summed E-state index contributed by atoms with van der Waals surface area (Å²) >= 11 is 1.28. The maximum absolute atomic E-state index is 13.8. The van der Waals surface area contributed by atoms with Gasteiger partial charge in [-0.1, -0.05) is 6.07 Å². The zero-order chi connectivity index (χ0) is 15.9. The molecule has 1 aromatic heterocycles. The molecule has 0 aliphatic carbocycles. The van der Waals surface area contributed by atoms with E-state index in [1.807, 2.05) is 6.92 Å². The van der Waals surface area contributed by atoms with Crippen LogP contribution in [-0.2, 0) is 4.79 Å². The Morgan fingerprint density at radius 2 is 2.14 bits per heavy atom. The molecule has 0 bridgehead atoms. The second-order valence-electron chi connectivity index (χ2n) is 5.75. The maximum atomic E-state index is 13.8. The molecule has 0 saturated carbocycles. The maximum Gasteiger partial charge on any atom is 0.264 e. The fourth-order valence-corrected chi connectivity index (χ4v) is 3.93. The number of carbonyl (C=O) groups is 2. The Bertz CT molecular complexity index is 743. The molecule has 2 N–H and O–H groups in total. The second kappa shape index (κ2) is 5.68. The molecule has 1 aliphatic heterocycles. The number of piperidine rings is 1. The number of thiophene rings is 1. The van der Waals surface area contributed by atoms with Crippen LogP contribution in [-0.4, -0.2) is 29.3 Å². The number of primary amides is 1. The quantitative estimate of drug-likeness (QED) is 0.925. The first-order valence-corrected chi connectivity index (χ1v) is 8.07. The van der Waals surface area contributed by atoms with Crippen LogP contribution in [0.25, 0.3) is 10.1 Å². The van der Waals surface area contributed by atoms with Gasteiger partial charge in [-0.05, 0) is 38.0 Å². The topological polar surface area (TPSA) is 63.4 Å². The van der Waals surface area contributed by atoms with Crippen molar-refractivity contribution in [1.29, 1.82) is 0 Å². The number of nitrogens with zero attached hydrogens (tertiary/aromatic N) is 1. The van der Waals surface area contributed by atoms with E-state index in [9.17, 15) is 14.0 Å². The van der Waals surface area contributed by atoms with Crippen molar-refractivity contribution in [3.05, 3.63) is 35.0 Å². The molecule has 2 heterocycles. The van der Waals surface area contributed by atoms with Crippen LogP contribution in [0.4, 0.5) is 4.39 Å². The number of rotatable bonds is 2. The van der Waals surface area contributed by atoms with Crippen LogP contribution in [0.15, 0.2) is 24.3 Å². The average Bonchev–Trinajstić information content (AvgIpc) is 2.92. The summed E-state index contributed by atoms with van der Waals surface area (Å²) in [6, 6.07) is 6.47. The van der Waals surface area contributed by atoms with E-state index in [1.54, 1.807) is 23.1 Å². The minimum atomic E-state index is -0.368. The summed E-state index contributed by atoms with van der Waals surface area (Å²) in [7, 11) is 0. The molecule has 2 amide bonds. The first kappa shape index (κ1) is 15.0. The molecule has 1 aliphatic rings. The van der Waals surface area contributed by atoms with Gasteiger partial charge in [0.15, 0.2) is 0 Å². The van der Waals surface area contributed by atoms with Gasteiger partial charge in [0.05, 0.1) is 10.8 Å². The van der Waals surface area contributed by atoms with Crippen LogP contribution < -0.4 is 5.73 Å². The first-order valence-electron chi connectivity index (χ1n) is 7.25. The van der Waals surface area contributed by atoms with Gasteiger partial charge in [-0.25, -0.2) is 4.39 Å². The third-order valence-electron chi connectivity index (χ3n) is 4.26. The lowest BCUT2D eigenvalue weighted by atomic mass is 9.93. The van der Waals surface area contributed by atoms with Crippen LogP contribution in [0.5, 0.6) is 0 Å². The second-order valence-corrected chi connectivity index (χ2v) is 6.83. The van der Waals surface area contributed by atoms with Gasteiger partial charge in [-0.2, -0.15) is 0 Å². The molecule has 0 radical (unpaired) electrons. The molecule has 3 rings (SSSR count). The number of hydrogen-bond donors (Lipinski definition) is 1. The summed E-state index contributed by atoms with van der Waals surface area (Å²) in [5.41, 5.74) is 5.37. The highest BCUT2D eigenvalue weighted by Crippen LogP contribution is 2.31. The summed E-state index contributed by atoms with van der Waals surface area (Å²) in [5, 5.41) is 0.465. The Morgan fingerprint density at radius 1 is 1.36 bits per heavy atom. The molecule has 2 aromatic rings. The Labute approximate surface area is 131 Å². The van der Waals surface area contributed by atoms with Crippen molar-refractivity contribution in [3.8, 4) is 0 Å². The molecule has 6 heteroatoms. The number of nitrogens with two attached hydrogens (primary N) is 1. The molecule has 4 nitrogen and oxygen atoms in total. The van der Waals surface area contributed by atoms with Crippen molar-refractivity contribution >= 4 is 33.2 Å². The molecular weight excluding hydrogens is 303 g/mol. The van der Waals surface area contributed by atoms with Gasteiger partial charge in [-0.3, -0.25) is 9.59 Å². The minimum absolute atomic E-state index is 0.0539. The van der Waals surface area contributed by atoms with E-state index >= 15 is 0 Å². The number of carbonyl (C=O) groups excluding carboxylic acids is 2. The van der Waals surface area contributed by atoms with E-state index in [0.717, 1.165) is 11.1 Å². The molecule has 116 valence electrons. The number of benzene rings is 1. The van der Waals surface area contributed by atoms with Gasteiger partial charge in [0, 0.05) is 22.7 Å². The van der Waals surface area contributed by atoms with E-state index < -0.39 is 0 Å². The van der Waals surface area contributed by atoms with E-state index in [0.29, 0.717) is 23.2 Å². The van der Waals surface area contributed by atoms with Crippen LogP contribution in [0.1, 0.15) is 29.4 Å². The van der Waals surface area contributed by atoms with Crippen LogP contribution in [0, 0.1) is 11.7 Å². The van der Waals surface area contributed by atoms with Crippen molar-refractivity contribution in [1.82, 2.24) is 4.90 Å². The number of amides is 2. The zero-order valence-corrected chi connectivity index (χ0v) is 13.0. The lowest BCUT2D eigenvalue weighted by molar-refractivity contribution is -0.123. The van der Waals surface area contributed by atoms with Crippen molar-refractivity contribution in [2.24, 2.45) is 11.7 Å². The van der Waals surface area contributed by atoms with Crippen molar-refractivity contribution in [2.45, 2.75) is 25.8 Å². The summed E-state index contributed by atoms with van der Waals surface area (Å²) in [4.78, 5) is 26.3. The predicted octanol–water partition coefficient (Wildman–Crippen LogP) is 2.77. The van der Waals surface area contributed by atoms with Crippen LogP contribution >= 0.6 is 11.3 Å². The molecule has 2 atom stereocenters. The highest BCUT2D eigenvalue weighted by atomic mass is 32.1. The lowest BCUT2D eigenvalue weighted by Gasteiger charge is -2.36. The standard InChI is InChI=1S/C16H17FN2O2S/c1-9-5-6-10(15(18)20)8-19(9)16(21)14-7-11-12(17)3-2-4-13(11)22-14/h2-4,7,9-10H,5-6,8H2,1H3,(H2,18,20)/t9-,10+/m0/s1. The first-order chi connectivity index (χ1) is 10.5. The van der Waals surface area contributed by atoms with Crippen molar-refractivity contribution in [3.63, 3.8) is 0 Å². The number of hydrogen-bond acceptors (Lipinski definition) is 3. The Kier molecular flexibility index (Phi) is 3.87. The van der Waals surface area contributed by atoms with E-state index in [4.69, 9.17) is 5.73 Å². The fraction of sp³-hybridized carbons (Fsp3) is 0.375. The Hall–Kier alpha value is -1.95. The molecule has 22 heavy (non-hydrogen) atoms. The zero-order valence-electron chi connectivity index (χ0n) is 12.2. The van der Waals surface area contributed by atoms with Gasteiger partial charge in [0.25, 0.3) is 5.91 Å². The largest absolute Gasteiger partial charge is 0.369 e. The van der Waals surface area contributed by atoms with Gasteiger partial charge in [-0.15, -0.1) is 11.3 Å². The molecule has 1 saturated heterocycles. The summed E-state index contributed by atoms with van der Waals surface area (Å²) in [5.74, 6) is -1.15. The SMILES string of the molecule is C[C@H]1CC[C@@H](C(N)=O)CN1C(=O)c1cc2c(F)cccc2s1. The van der Waals surface area contributed by atoms with Crippen LogP contribution in [0.2, 0.25) is 0 Å². The van der Waals surface area contributed by atoms with Gasteiger partial charge in [0.1, 0.15) is 5.82 Å². The molecule has 1 aromatic carbocycles. The number of likely N-dealkylation sites (tertiary alicyclic amines) is 1. The normalized spacial score (nSPS) is 22.0. The van der Waals surface area contributed by atoms with E-state index in [2.05, 4.69) is 0 Å². The molecule has 0 unspecified atom stereocenters. The third kappa shape index (κ3) is 2.59. The highest BCUT2D eigenvalue weighted by Gasteiger charge is 2.32. The van der Waals surface area contributed by atoms with E-state index in [1.165, 1.54) is 17.4 Å². The predicted molar refractivity (Wildman–Crippen MR) is 84.2 cm³/mol. The third-order valence-corrected chi connectivity index (χ3v) is 5.35. The number of halogens is 1. The molecule has 1 fully saturated rings. The lowest BCUT2D eigenvalue weighted by Crippen LogP contribution is -2.48. The van der Waals surface area contributed by atoms with E-state index in [-0.39, 0.29) is 29.6 Å². The summed E-state index contributed by atoms with van der Waals surface area (Å²) in [6.45, 7) is 2.30. The summed E-state index contributed by atoms with van der Waals surface area (Å²) in [6.07, 6.45) is 1.46. The minimum Gasteiger partial charge on any atom is -0.369 e. The summed E-state index contributed by atoms with van der Waals surface area (Å²) < 4.78 is 14.5. The highest BCUT2D eigenvalue weighted by molar-refractivity contribution is 7.20. The average molecular weight is 320 g/mol. The fourth-order valence-electron chi connectivity index (χ4n) is 2.89. The Balaban J connectivity index is 1.90. The van der Waals surface area contributed by atoms with Crippen molar-refractivity contribution < 1.29 is 14.0 Å². The van der Waals surface area contributed by atoms with Crippen LogP contribution in [0.3, 0.4) is 0 Å². The smallest absolute Gasteiger partial charge is 0.264 e. The van der Waals surface area contributed by atoms with Gasteiger partial charge < -0.3 is 10.6 Å². The molecule has 0 spiro atoms. The van der Waals surface area contributed by atoms with Crippen molar-refractivity contribution in [2.75, 3.05) is 6.54 Å². The number of fused-ring (bicyclic) bond motifs is 1.